The van der Waals surface area contributed by atoms with Gasteiger partial charge in [0, 0.05) is 45.1 Å². The van der Waals surface area contributed by atoms with Crippen LogP contribution in [0.25, 0.3) is 0 Å². The van der Waals surface area contributed by atoms with E-state index in [1.807, 2.05) is 23.1 Å². The number of aliphatic imine (C=N–C) groups is 1. The Kier molecular flexibility index (Phi) is 10.6. The van der Waals surface area contributed by atoms with E-state index in [1.54, 1.807) is 0 Å². The summed E-state index contributed by atoms with van der Waals surface area (Å²) in [6.07, 6.45) is 1.55. The average Bonchev–Trinajstić information content (AvgIpc) is 2.96. The third-order valence-corrected chi connectivity index (χ3v) is 4.32. The average molecular weight is 472 g/mol. The maximum Gasteiger partial charge on any atom is 0.223 e. The number of nitrogens with one attached hydrogen (secondary N) is 2. The number of benzene rings is 1. The van der Waals surface area contributed by atoms with Crippen LogP contribution in [-0.4, -0.2) is 49.5 Å². The Morgan fingerprint density at radius 3 is 2.65 bits per heavy atom. The maximum absolute atomic E-state index is 12.2. The number of amides is 1. The van der Waals surface area contributed by atoms with Gasteiger partial charge in [-0.2, -0.15) is 0 Å². The number of hydrogen-bond acceptors (Lipinski definition) is 2. The Balaban J connectivity index is 0.00000338. The number of likely N-dealkylation sites (tertiary alicyclic amines) is 1. The molecule has 1 aromatic rings. The molecular weight excluding hydrogens is 439 g/mol. The van der Waals surface area contributed by atoms with Gasteiger partial charge in [0.25, 0.3) is 0 Å². The van der Waals surface area contributed by atoms with Crippen molar-refractivity contribution in [3.63, 3.8) is 0 Å². The first-order valence-electron chi connectivity index (χ1n) is 9.42. The third-order valence-electron chi connectivity index (χ3n) is 4.32. The summed E-state index contributed by atoms with van der Waals surface area (Å²) in [4.78, 5) is 18.8. The molecule has 1 saturated heterocycles. The number of guanidine groups is 1. The van der Waals surface area contributed by atoms with E-state index in [0.717, 1.165) is 45.1 Å². The first-order chi connectivity index (χ1) is 12.1. The molecule has 1 unspecified atom stereocenters. The van der Waals surface area contributed by atoms with Gasteiger partial charge in [-0.25, -0.2) is 0 Å². The molecule has 0 aromatic heterocycles. The second-order valence-corrected chi connectivity index (χ2v) is 7.14. The summed E-state index contributed by atoms with van der Waals surface area (Å²) in [5, 5.41) is 6.66. The van der Waals surface area contributed by atoms with Crippen LogP contribution in [0.5, 0.6) is 0 Å². The maximum atomic E-state index is 12.2. The molecule has 1 aliphatic heterocycles. The minimum absolute atomic E-state index is 0. The highest BCUT2D eigenvalue weighted by molar-refractivity contribution is 14.0. The Morgan fingerprint density at radius 1 is 1.27 bits per heavy atom. The van der Waals surface area contributed by atoms with Gasteiger partial charge in [0.05, 0.1) is 0 Å². The van der Waals surface area contributed by atoms with Gasteiger partial charge < -0.3 is 15.5 Å². The molecule has 26 heavy (non-hydrogen) atoms. The molecule has 5 nitrogen and oxygen atoms in total. The van der Waals surface area contributed by atoms with E-state index in [0.29, 0.717) is 18.3 Å². The van der Waals surface area contributed by atoms with Gasteiger partial charge >= 0.3 is 0 Å². The zero-order valence-electron chi connectivity index (χ0n) is 16.2. The summed E-state index contributed by atoms with van der Waals surface area (Å²) >= 11 is 0. The van der Waals surface area contributed by atoms with E-state index < -0.39 is 0 Å². The van der Waals surface area contributed by atoms with Crippen molar-refractivity contribution >= 4 is 35.8 Å². The number of nitrogens with zero attached hydrogens (tertiary/aromatic N) is 2. The molecule has 2 N–H and O–H groups in total. The van der Waals surface area contributed by atoms with Crippen LogP contribution in [0.1, 0.15) is 32.8 Å². The van der Waals surface area contributed by atoms with Gasteiger partial charge in [-0.05, 0) is 24.8 Å². The molecule has 1 heterocycles. The van der Waals surface area contributed by atoms with Gasteiger partial charge in [0.15, 0.2) is 5.96 Å². The van der Waals surface area contributed by atoms with E-state index in [-0.39, 0.29) is 29.9 Å². The van der Waals surface area contributed by atoms with Gasteiger partial charge in [0.1, 0.15) is 0 Å². The number of carbonyl (C=O) groups excluding carboxylic acids is 1. The minimum Gasteiger partial charge on any atom is -0.357 e. The Bertz CT molecular complexity index is 562. The predicted octanol–water partition coefficient (Wildman–Crippen LogP) is 2.91. The fourth-order valence-corrected chi connectivity index (χ4v) is 2.97. The minimum atomic E-state index is 0. The molecule has 0 radical (unpaired) electrons. The SMILES string of the molecule is CCNC(=NCC(C)C)NCC1CC(=O)N(CCc2ccccc2)C1.I. The first kappa shape index (κ1) is 22.7. The second kappa shape index (κ2) is 12.1. The van der Waals surface area contributed by atoms with Crippen molar-refractivity contribution in [1.29, 1.82) is 0 Å². The summed E-state index contributed by atoms with van der Waals surface area (Å²) in [7, 11) is 0. The molecule has 0 bridgehead atoms. The lowest BCUT2D eigenvalue weighted by Gasteiger charge is -2.18. The van der Waals surface area contributed by atoms with Crippen molar-refractivity contribution in [1.82, 2.24) is 15.5 Å². The molecule has 1 amide bonds. The van der Waals surface area contributed by atoms with Crippen LogP contribution in [0.4, 0.5) is 0 Å². The third kappa shape index (κ3) is 7.93. The van der Waals surface area contributed by atoms with Crippen LogP contribution >= 0.6 is 24.0 Å². The first-order valence-corrected chi connectivity index (χ1v) is 9.42. The van der Waals surface area contributed by atoms with Crippen molar-refractivity contribution in [2.24, 2.45) is 16.8 Å². The molecule has 146 valence electrons. The molecule has 1 aromatic carbocycles. The second-order valence-electron chi connectivity index (χ2n) is 7.14. The molecule has 6 heteroatoms. The van der Waals surface area contributed by atoms with E-state index in [2.05, 4.69) is 48.5 Å². The summed E-state index contributed by atoms with van der Waals surface area (Å²) in [6, 6.07) is 10.4. The number of hydrogen-bond donors (Lipinski definition) is 2. The van der Waals surface area contributed by atoms with Crippen molar-refractivity contribution in [3.8, 4) is 0 Å². The Hall–Kier alpha value is -1.31. The zero-order valence-corrected chi connectivity index (χ0v) is 18.5. The largest absolute Gasteiger partial charge is 0.357 e. The highest BCUT2D eigenvalue weighted by atomic mass is 127. The monoisotopic (exact) mass is 472 g/mol. The molecule has 0 saturated carbocycles. The normalized spacial score (nSPS) is 17.4. The lowest BCUT2D eigenvalue weighted by Crippen LogP contribution is -2.40. The molecule has 1 fully saturated rings. The lowest BCUT2D eigenvalue weighted by atomic mass is 10.1. The fraction of sp³-hybridized carbons (Fsp3) is 0.600. The van der Waals surface area contributed by atoms with Crippen molar-refractivity contribution < 1.29 is 4.79 Å². The number of carbonyl (C=O) groups is 1. The predicted molar refractivity (Wildman–Crippen MR) is 119 cm³/mol. The number of halogens is 1. The quantitative estimate of drug-likeness (QED) is 0.348. The van der Waals surface area contributed by atoms with Crippen LogP contribution in [0.2, 0.25) is 0 Å². The standard InChI is InChI=1S/C20H32N4O.HI/c1-4-21-20(22-13-16(2)3)23-14-18-12-19(25)24(15-18)11-10-17-8-6-5-7-9-17;/h5-9,16,18H,4,10-15H2,1-3H3,(H2,21,22,23);1H. The van der Waals surface area contributed by atoms with E-state index in [1.165, 1.54) is 5.56 Å². The number of rotatable bonds is 8. The van der Waals surface area contributed by atoms with Gasteiger partial charge in [0.2, 0.25) is 5.91 Å². The van der Waals surface area contributed by atoms with Crippen LogP contribution in [0, 0.1) is 11.8 Å². The van der Waals surface area contributed by atoms with E-state index in [4.69, 9.17) is 0 Å². The highest BCUT2D eigenvalue weighted by Gasteiger charge is 2.29. The van der Waals surface area contributed by atoms with Gasteiger partial charge in [-0.1, -0.05) is 44.2 Å². The molecule has 1 atom stereocenters. The van der Waals surface area contributed by atoms with Crippen LogP contribution in [-0.2, 0) is 11.2 Å². The van der Waals surface area contributed by atoms with Crippen LogP contribution in [0.15, 0.2) is 35.3 Å². The van der Waals surface area contributed by atoms with E-state index in [9.17, 15) is 4.79 Å². The molecule has 0 spiro atoms. The van der Waals surface area contributed by atoms with Crippen molar-refractivity contribution in [3.05, 3.63) is 35.9 Å². The van der Waals surface area contributed by atoms with Crippen molar-refractivity contribution in [2.45, 2.75) is 33.6 Å². The van der Waals surface area contributed by atoms with Crippen LogP contribution in [0.3, 0.4) is 0 Å². The Labute approximate surface area is 175 Å². The van der Waals surface area contributed by atoms with Gasteiger partial charge in [-0.3, -0.25) is 9.79 Å². The van der Waals surface area contributed by atoms with Crippen LogP contribution < -0.4 is 10.6 Å². The summed E-state index contributed by atoms with van der Waals surface area (Å²) in [5.74, 6) is 2.02. The summed E-state index contributed by atoms with van der Waals surface area (Å²) < 4.78 is 0. The Morgan fingerprint density at radius 2 is 2.00 bits per heavy atom. The lowest BCUT2D eigenvalue weighted by molar-refractivity contribution is -0.127. The summed E-state index contributed by atoms with van der Waals surface area (Å²) in [5.41, 5.74) is 1.28. The highest BCUT2D eigenvalue weighted by Crippen LogP contribution is 2.17. The molecule has 0 aliphatic carbocycles. The smallest absolute Gasteiger partial charge is 0.223 e. The summed E-state index contributed by atoms with van der Waals surface area (Å²) in [6.45, 7) is 10.5. The molecule has 2 rings (SSSR count). The molecule has 1 aliphatic rings. The van der Waals surface area contributed by atoms with Crippen molar-refractivity contribution in [2.75, 3.05) is 32.7 Å². The topological polar surface area (TPSA) is 56.7 Å². The van der Waals surface area contributed by atoms with E-state index >= 15 is 0 Å². The van der Waals surface area contributed by atoms with Gasteiger partial charge in [-0.15, -0.1) is 24.0 Å². The zero-order chi connectivity index (χ0) is 18.1. The fourth-order valence-electron chi connectivity index (χ4n) is 2.97. The molecular formula is C20H33IN4O.